The third kappa shape index (κ3) is 3.11. The van der Waals surface area contributed by atoms with E-state index in [1.54, 1.807) is 4.90 Å². The molecule has 1 unspecified atom stereocenters. The van der Waals surface area contributed by atoms with Gasteiger partial charge in [0, 0.05) is 36.8 Å². The predicted octanol–water partition coefficient (Wildman–Crippen LogP) is 2.24. The number of carboxylic acid groups (broad SMARTS) is 1. The van der Waals surface area contributed by atoms with E-state index in [4.69, 9.17) is 11.6 Å². The van der Waals surface area contributed by atoms with Crippen molar-refractivity contribution in [1.82, 2.24) is 9.80 Å². The molecule has 4 nitrogen and oxygen atoms in total. The first-order chi connectivity index (χ1) is 9.54. The van der Waals surface area contributed by atoms with Gasteiger partial charge in [-0.3, -0.25) is 9.69 Å². The lowest BCUT2D eigenvalue weighted by atomic mass is 10.0. The Hall–Kier alpha value is -1.17. The molecule has 1 aliphatic rings. The molecule has 0 aromatic heterocycles. The van der Waals surface area contributed by atoms with Crippen LogP contribution in [0.4, 0.5) is 4.39 Å². The number of nitrogens with zero attached hydrogens (tertiary/aromatic N) is 2. The van der Waals surface area contributed by atoms with Crippen molar-refractivity contribution in [2.24, 2.45) is 0 Å². The van der Waals surface area contributed by atoms with Crippen LogP contribution in [0.5, 0.6) is 0 Å². The average molecular weight is 301 g/mol. The van der Waals surface area contributed by atoms with Crippen LogP contribution >= 0.6 is 11.6 Å². The van der Waals surface area contributed by atoms with E-state index in [1.807, 2.05) is 0 Å². The van der Waals surface area contributed by atoms with Crippen molar-refractivity contribution in [2.45, 2.75) is 13.0 Å². The minimum atomic E-state index is -1.07. The van der Waals surface area contributed by atoms with Gasteiger partial charge < -0.3 is 10.0 Å². The molecule has 0 bridgehead atoms. The zero-order valence-electron chi connectivity index (χ0n) is 11.4. The second kappa shape index (κ2) is 6.52. The number of hydrogen-bond donors (Lipinski definition) is 1. The Kier molecular flexibility index (Phi) is 4.96. The Morgan fingerprint density at radius 3 is 2.55 bits per heavy atom. The second-order valence-corrected chi connectivity index (χ2v) is 5.25. The van der Waals surface area contributed by atoms with Crippen molar-refractivity contribution in [3.05, 3.63) is 34.6 Å². The van der Waals surface area contributed by atoms with Gasteiger partial charge in [0.05, 0.1) is 0 Å². The van der Waals surface area contributed by atoms with Gasteiger partial charge in [-0.05, 0) is 18.7 Å². The summed E-state index contributed by atoms with van der Waals surface area (Å²) in [5, 5.41) is 9.63. The summed E-state index contributed by atoms with van der Waals surface area (Å²) in [6.07, 6.45) is 0. The molecule has 0 amide bonds. The van der Waals surface area contributed by atoms with Crippen molar-refractivity contribution in [1.29, 1.82) is 0 Å². The topological polar surface area (TPSA) is 43.8 Å². The molecule has 1 aromatic carbocycles. The molecule has 0 spiro atoms. The molecule has 2 rings (SSSR count). The van der Waals surface area contributed by atoms with Crippen LogP contribution < -0.4 is 0 Å². The average Bonchev–Trinajstić information content (AvgIpc) is 2.43. The fourth-order valence-electron chi connectivity index (χ4n) is 2.57. The molecule has 1 aliphatic heterocycles. The molecule has 20 heavy (non-hydrogen) atoms. The summed E-state index contributed by atoms with van der Waals surface area (Å²) in [4.78, 5) is 15.6. The van der Waals surface area contributed by atoms with Crippen LogP contribution in [0.25, 0.3) is 0 Å². The number of hydrogen-bond acceptors (Lipinski definition) is 3. The fraction of sp³-hybridized carbons (Fsp3) is 0.500. The molecular weight excluding hydrogens is 283 g/mol. The molecule has 1 fully saturated rings. The highest BCUT2D eigenvalue weighted by atomic mass is 35.5. The Morgan fingerprint density at radius 1 is 1.40 bits per heavy atom. The minimum absolute atomic E-state index is 0.0617. The third-order valence-electron chi connectivity index (χ3n) is 3.73. The summed E-state index contributed by atoms with van der Waals surface area (Å²) in [7, 11) is 0. The zero-order chi connectivity index (χ0) is 14.7. The highest BCUT2D eigenvalue weighted by Crippen LogP contribution is 2.31. The molecule has 110 valence electrons. The predicted molar refractivity (Wildman–Crippen MR) is 75.5 cm³/mol. The van der Waals surface area contributed by atoms with E-state index in [1.165, 1.54) is 18.2 Å². The van der Waals surface area contributed by atoms with Crippen molar-refractivity contribution in [2.75, 3.05) is 32.7 Å². The number of halogens is 2. The smallest absolute Gasteiger partial charge is 0.325 e. The number of carbonyl (C=O) groups is 1. The van der Waals surface area contributed by atoms with Gasteiger partial charge in [-0.1, -0.05) is 24.6 Å². The van der Waals surface area contributed by atoms with Gasteiger partial charge in [-0.2, -0.15) is 0 Å². The normalized spacial score (nSPS) is 18.9. The maximum absolute atomic E-state index is 14.0. The molecule has 1 aromatic rings. The Labute approximate surface area is 122 Å². The van der Waals surface area contributed by atoms with E-state index < -0.39 is 17.8 Å². The van der Waals surface area contributed by atoms with Crippen LogP contribution in [0.1, 0.15) is 18.5 Å². The van der Waals surface area contributed by atoms with Crippen LogP contribution in [0, 0.1) is 5.82 Å². The van der Waals surface area contributed by atoms with E-state index in [-0.39, 0.29) is 10.6 Å². The maximum atomic E-state index is 14.0. The first kappa shape index (κ1) is 15.2. The molecule has 6 heteroatoms. The highest BCUT2D eigenvalue weighted by Gasteiger charge is 2.33. The summed E-state index contributed by atoms with van der Waals surface area (Å²) in [6, 6.07) is 3.23. The lowest BCUT2D eigenvalue weighted by molar-refractivity contribution is -0.144. The van der Waals surface area contributed by atoms with E-state index in [2.05, 4.69) is 11.8 Å². The summed E-state index contributed by atoms with van der Waals surface area (Å²) in [6.45, 7) is 5.76. The summed E-state index contributed by atoms with van der Waals surface area (Å²) in [5.74, 6) is -1.63. The summed E-state index contributed by atoms with van der Waals surface area (Å²) in [5.41, 5.74) is 0.0617. The monoisotopic (exact) mass is 300 g/mol. The first-order valence-corrected chi connectivity index (χ1v) is 7.05. The zero-order valence-corrected chi connectivity index (χ0v) is 12.1. The molecule has 1 saturated heterocycles. The fourth-order valence-corrected chi connectivity index (χ4v) is 2.84. The quantitative estimate of drug-likeness (QED) is 0.926. The summed E-state index contributed by atoms with van der Waals surface area (Å²) < 4.78 is 14.0. The van der Waals surface area contributed by atoms with Crippen LogP contribution in [-0.2, 0) is 4.79 Å². The van der Waals surface area contributed by atoms with Crippen LogP contribution in [0.15, 0.2) is 18.2 Å². The van der Waals surface area contributed by atoms with E-state index in [9.17, 15) is 14.3 Å². The lowest BCUT2D eigenvalue weighted by Crippen LogP contribution is -2.49. The van der Waals surface area contributed by atoms with Gasteiger partial charge >= 0.3 is 5.97 Å². The standard InChI is InChI=1S/C14H18ClFN2O2/c1-2-17-6-8-18(9-7-17)13(14(19)20)12-10(15)4-3-5-11(12)16/h3-5,13H,2,6-9H2,1H3,(H,19,20). The van der Waals surface area contributed by atoms with Crippen LogP contribution in [0.3, 0.4) is 0 Å². The van der Waals surface area contributed by atoms with E-state index >= 15 is 0 Å². The number of likely N-dealkylation sites (N-methyl/N-ethyl adjacent to an activating group) is 1. The first-order valence-electron chi connectivity index (χ1n) is 6.67. The Morgan fingerprint density at radius 2 is 2.05 bits per heavy atom. The third-order valence-corrected chi connectivity index (χ3v) is 4.06. The molecule has 0 radical (unpaired) electrons. The van der Waals surface area contributed by atoms with Crippen molar-refractivity contribution in [3.63, 3.8) is 0 Å². The second-order valence-electron chi connectivity index (χ2n) is 4.85. The molecule has 1 N–H and O–H groups in total. The largest absolute Gasteiger partial charge is 0.480 e. The SMILES string of the molecule is CCN1CCN(C(C(=O)O)c2c(F)cccc2Cl)CC1. The molecule has 0 aliphatic carbocycles. The van der Waals surface area contributed by atoms with Crippen LogP contribution in [0.2, 0.25) is 5.02 Å². The van der Waals surface area contributed by atoms with E-state index in [0.717, 1.165) is 19.6 Å². The van der Waals surface area contributed by atoms with Crippen molar-refractivity contribution >= 4 is 17.6 Å². The van der Waals surface area contributed by atoms with Gasteiger partial charge in [0.1, 0.15) is 11.9 Å². The number of benzene rings is 1. The number of rotatable bonds is 4. The number of piperazine rings is 1. The van der Waals surface area contributed by atoms with Crippen molar-refractivity contribution < 1.29 is 14.3 Å². The maximum Gasteiger partial charge on any atom is 0.325 e. The minimum Gasteiger partial charge on any atom is -0.480 e. The summed E-state index contributed by atoms with van der Waals surface area (Å²) >= 11 is 6.00. The Bertz CT molecular complexity index is 470. The molecule has 0 saturated carbocycles. The molecule has 1 atom stereocenters. The van der Waals surface area contributed by atoms with E-state index in [0.29, 0.717) is 13.1 Å². The van der Waals surface area contributed by atoms with Gasteiger partial charge in [0.15, 0.2) is 0 Å². The number of aliphatic carboxylic acids is 1. The van der Waals surface area contributed by atoms with Gasteiger partial charge in [-0.25, -0.2) is 4.39 Å². The molecular formula is C14H18ClFN2O2. The number of carboxylic acids is 1. The van der Waals surface area contributed by atoms with Gasteiger partial charge in [0.2, 0.25) is 0 Å². The Balaban J connectivity index is 2.27. The van der Waals surface area contributed by atoms with Gasteiger partial charge in [0.25, 0.3) is 0 Å². The molecule has 1 heterocycles. The van der Waals surface area contributed by atoms with Crippen molar-refractivity contribution in [3.8, 4) is 0 Å². The van der Waals surface area contributed by atoms with Gasteiger partial charge in [-0.15, -0.1) is 0 Å². The van der Waals surface area contributed by atoms with Crippen LogP contribution in [-0.4, -0.2) is 53.6 Å². The highest BCUT2D eigenvalue weighted by molar-refractivity contribution is 6.31. The lowest BCUT2D eigenvalue weighted by Gasteiger charge is -2.37.